The fraction of sp³-hybridized carbons (Fsp3) is 0.632. The second kappa shape index (κ2) is 8.17. The zero-order valence-corrected chi connectivity index (χ0v) is 17.8. The molecule has 0 unspecified atom stereocenters. The van der Waals surface area contributed by atoms with Crippen molar-refractivity contribution in [2.45, 2.75) is 38.8 Å². The SMILES string of the molecule is CC(C)(C)OC(=O)N1CC[C@H](Nc2nc3nc(N4CCOCC4)oc3cc2[N+](=O)[O-])C1. The number of anilines is 2. The summed E-state index contributed by atoms with van der Waals surface area (Å²) >= 11 is 0. The lowest BCUT2D eigenvalue weighted by molar-refractivity contribution is -0.384. The van der Waals surface area contributed by atoms with Crippen molar-refractivity contribution >= 4 is 34.8 Å². The first kappa shape index (κ1) is 21.1. The molecule has 4 rings (SSSR count). The molecule has 1 amide bonds. The summed E-state index contributed by atoms with van der Waals surface area (Å²) in [5, 5.41) is 14.7. The number of carbonyl (C=O) groups excluding carboxylic acids is 1. The third-order valence-corrected chi connectivity index (χ3v) is 5.01. The summed E-state index contributed by atoms with van der Waals surface area (Å²) < 4.78 is 16.4. The molecule has 12 nitrogen and oxygen atoms in total. The fourth-order valence-electron chi connectivity index (χ4n) is 3.54. The van der Waals surface area contributed by atoms with Crippen molar-refractivity contribution in [3.05, 3.63) is 16.2 Å². The van der Waals surface area contributed by atoms with Crippen molar-refractivity contribution < 1.29 is 23.6 Å². The Bertz CT molecular complexity index is 980. The average molecular weight is 434 g/mol. The highest BCUT2D eigenvalue weighted by Gasteiger charge is 2.32. The van der Waals surface area contributed by atoms with Crippen LogP contribution in [0.3, 0.4) is 0 Å². The van der Waals surface area contributed by atoms with Crippen LogP contribution in [0.25, 0.3) is 11.2 Å². The topological polar surface area (TPSA) is 136 Å². The molecule has 0 aromatic carbocycles. The van der Waals surface area contributed by atoms with Crippen molar-refractivity contribution in [2.75, 3.05) is 49.6 Å². The molecule has 1 N–H and O–H groups in total. The van der Waals surface area contributed by atoms with E-state index in [4.69, 9.17) is 13.9 Å². The molecule has 2 saturated heterocycles. The number of morpholine rings is 1. The van der Waals surface area contributed by atoms with E-state index in [-0.39, 0.29) is 28.8 Å². The number of pyridine rings is 1. The normalized spacial score (nSPS) is 19.6. The minimum Gasteiger partial charge on any atom is -0.444 e. The van der Waals surface area contributed by atoms with Gasteiger partial charge in [-0.3, -0.25) is 10.1 Å². The van der Waals surface area contributed by atoms with Gasteiger partial charge >= 0.3 is 11.8 Å². The lowest BCUT2D eigenvalue weighted by Gasteiger charge is -2.24. The zero-order valence-electron chi connectivity index (χ0n) is 17.8. The highest BCUT2D eigenvalue weighted by molar-refractivity contribution is 5.78. The molecule has 0 radical (unpaired) electrons. The number of oxazole rings is 1. The van der Waals surface area contributed by atoms with Gasteiger partial charge in [0.25, 0.3) is 6.01 Å². The van der Waals surface area contributed by atoms with Crippen LogP contribution >= 0.6 is 0 Å². The molecule has 0 spiro atoms. The average Bonchev–Trinajstić information content (AvgIpc) is 3.33. The molecule has 168 valence electrons. The monoisotopic (exact) mass is 434 g/mol. The van der Waals surface area contributed by atoms with Gasteiger partial charge in [-0.25, -0.2) is 9.78 Å². The first-order valence-electron chi connectivity index (χ1n) is 10.2. The summed E-state index contributed by atoms with van der Waals surface area (Å²) in [4.78, 5) is 35.7. The number of nitro groups is 1. The van der Waals surface area contributed by atoms with E-state index in [0.717, 1.165) is 0 Å². The first-order chi connectivity index (χ1) is 14.7. The molecule has 2 aliphatic rings. The van der Waals surface area contributed by atoms with Crippen LogP contribution in [0.1, 0.15) is 27.2 Å². The van der Waals surface area contributed by atoms with E-state index in [1.54, 1.807) is 4.90 Å². The third-order valence-electron chi connectivity index (χ3n) is 5.01. The Morgan fingerprint density at radius 3 is 2.71 bits per heavy atom. The number of rotatable bonds is 4. The van der Waals surface area contributed by atoms with Crippen molar-refractivity contribution in [1.29, 1.82) is 0 Å². The number of ether oxygens (including phenoxy) is 2. The van der Waals surface area contributed by atoms with Gasteiger partial charge in [-0.15, -0.1) is 0 Å². The Labute approximate surface area is 178 Å². The number of nitrogens with zero attached hydrogens (tertiary/aromatic N) is 5. The van der Waals surface area contributed by atoms with Gasteiger partial charge in [0.05, 0.1) is 24.2 Å². The molecule has 2 aromatic rings. The number of hydrogen-bond donors (Lipinski definition) is 1. The summed E-state index contributed by atoms with van der Waals surface area (Å²) in [5.41, 5.74) is -0.246. The standard InChI is InChI=1S/C19H26N6O6/c1-19(2,3)31-18(26)24-5-4-12(11-24)20-15-13(25(27)28)10-14-16(21-15)22-17(30-14)23-6-8-29-9-7-23/h10,12H,4-9,11H2,1-3H3,(H,20,21)/t12-/m0/s1. The largest absolute Gasteiger partial charge is 0.444 e. The Morgan fingerprint density at radius 2 is 2.03 bits per heavy atom. The molecule has 0 aliphatic carbocycles. The van der Waals surface area contributed by atoms with Gasteiger partial charge in [0.1, 0.15) is 5.60 Å². The number of carbonyl (C=O) groups is 1. The third kappa shape index (κ3) is 4.79. The second-order valence-corrected chi connectivity index (χ2v) is 8.59. The smallest absolute Gasteiger partial charge is 0.410 e. The molecule has 12 heteroatoms. The van der Waals surface area contributed by atoms with Crippen LogP contribution in [-0.4, -0.2) is 76.9 Å². The maximum Gasteiger partial charge on any atom is 0.410 e. The van der Waals surface area contributed by atoms with Crippen LogP contribution in [0, 0.1) is 10.1 Å². The van der Waals surface area contributed by atoms with Crippen molar-refractivity contribution in [1.82, 2.24) is 14.9 Å². The summed E-state index contributed by atoms with van der Waals surface area (Å²) in [6.07, 6.45) is 0.217. The van der Waals surface area contributed by atoms with Crippen molar-refractivity contribution in [3.8, 4) is 0 Å². The Balaban J connectivity index is 1.52. The molecule has 31 heavy (non-hydrogen) atoms. The Kier molecular flexibility index (Phi) is 5.56. The predicted molar refractivity (Wildman–Crippen MR) is 111 cm³/mol. The van der Waals surface area contributed by atoms with Crippen molar-refractivity contribution in [3.63, 3.8) is 0 Å². The lowest BCUT2D eigenvalue weighted by atomic mass is 10.2. The Hall–Kier alpha value is -3.15. The summed E-state index contributed by atoms with van der Waals surface area (Å²) in [7, 11) is 0. The molecule has 0 saturated carbocycles. The van der Waals surface area contributed by atoms with Crippen molar-refractivity contribution in [2.24, 2.45) is 0 Å². The van der Waals surface area contributed by atoms with Gasteiger partial charge in [-0.2, -0.15) is 4.98 Å². The van der Waals surface area contributed by atoms with Crippen LogP contribution in [0.5, 0.6) is 0 Å². The molecule has 2 fully saturated rings. The van der Waals surface area contributed by atoms with E-state index >= 15 is 0 Å². The van der Waals surface area contributed by atoms with Crippen LogP contribution < -0.4 is 10.2 Å². The van der Waals surface area contributed by atoms with Gasteiger partial charge in [0.15, 0.2) is 5.58 Å². The first-order valence-corrected chi connectivity index (χ1v) is 10.2. The minimum absolute atomic E-state index is 0.107. The number of hydrogen-bond acceptors (Lipinski definition) is 10. The summed E-state index contributed by atoms with van der Waals surface area (Å²) in [6.45, 7) is 8.67. The van der Waals surface area contributed by atoms with Gasteiger partial charge in [-0.1, -0.05) is 0 Å². The van der Waals surface area contributed by atoms with E-state index in [1.807, 2.05) is 25.7 Å². The highest BCUT2D eigenvalue weighted by Crippen LogP contribution is 2.31. The number of nitrogens with one attached hydrogen (secondary N) is 1. The molecule has 0 bridgehead atoms. The van der Waals surface area contributed by atoms with Crippen LogP contribution in [0.2, 0.25) is 0 Å². The fourth-order valence-corrected chi connectivity index (χ4v) is 3.54. The number of fused-ring (bicyclic) bond motifs is 1. The van der Waals surface area contributed by atoms with E-state index in [0.29, 0.717) is 51.8 Å². The van der Waals surface area contributed by atoms with Gasteiger partial charge in [-0.05, 0) is 27.2 Å². The maximum absolute atomic E-state index is 12.3. The summed E-state index contributed by atoms with van der Waals surface area (Å²) in [6, 6.07) is 1.51. The zero-order chi connectivity index (χ0) is 22.2. The highest BCUT2D eigenvalue weighted by atomic mass is 16.6. The van der Waals surface area contributed by atoms with E-state index in [2.05, 4.69) is 15.3 Å². The molecule has 1 atom stereocenters. The van der Waals surface area contributed by atoms with Crippen LogP contribution in [0.15, 0.2) is 10.5 Å². The summed E-state index contributed by atoms with van der Waals surface area (Å²) in [5.74, 6) is 0.107. The predicted octanol–water partition coefficient (Wildman–Crippen LogP) is 2.39. The Morgan fingerprint density at radius 1 is 1.29 bits per heavy atom. The van der Waals surface area contributed by atoms with E-state index in [1.165, 1.54) is 6.07 Å². The lowest BCUT2D eigenvalue weighted by Crippen LogP contribution is -2.36. The van der Waals surface area contributed by atoms with Gasteiger partial charge in [0, 0.05) is 32.2 Å². The quantitative estimate of drug-likeness (QED) is 0.564. The van der Waals surface area contributed by atoms with Crippen LogP contribution in [0.4, 0.5) is 22.3 Å². The number of likely N-dealkylation sites (tertiary alicyclic amines) is 1. The number of aromatic nitrogens is 2. The molecular formula is C19H26N6O6. The van der Waals surface area contributed by atoms with Gasteiger partial charge < -0.3 is 29.0 Å². The number of amides is 1. The van der Waals surface area contributed by atoms with Crippen LogP contribution in [-0.2, 0) is 9.47 Å². The van der Waals surface area contributed by atoms with E-state index < -0.39 is 16.6 Å². The molecular weight excluding hydrogens is 408 g/mol. The van der Waals surface area contributed by atoms with Gasteiger partial charge in [0.2, 0.25) is 11.5 Å². The molecule has 4 heterocycles. The maximum atomic E-state index is 12.3. The molecule has 2 aliphatic heterocycles. The minimum atomic E-state index is -0.584. The molecule has 2 aromatic heterocycles. The van der Waals surface area contributed by atoms with E-state index in [9.17, 15) is 14.9 Å². The second-order valence-electron chi connectivity index (χ2n) is 8.59.